The van der Waals surface area contributed by atoms with E-state index in [1.165, 1.54) is 10.9 Å². The molecule has 0 aliphatic heterocycles. The van der Waals surface area contributed by atoms with Crippen molar-refractivity contribution in [1.82, 2.24) is 20.1 Å². The van der Waals surface area contributed by atoms with Gasteiger partial charge in [-0.05, 0) is 41.5 Å². The van der Waals surface area contributed by atoms with Crippen LogP contribution >= 0.6 is 11.3 Å². The number of hydrogen-bond donors (Lipinski definition) is 2. The van der Waals surface area contributed by atoms with Crippen molar-refractivity contribution in [3.05, 3.63) is 65.8 Å². The molecule has 0 unspecified atom stereocenters. The van der Waals surface area contributed by atoms with Gasteiger partial charge in [0.15, 0.2) is 5.69 Å². The fourth-order valence-corrected chi connectivity index (χ4v) is 3.57. The van der Waals surface area contributed by atoms with Crippen molar-refractivity contribution in [3.63, 3.8) is 0 Å². The summed E-state index contributed by atoms with van der Waals surface area (Å²) < 4.78 is 2.21. The van der Waals surface area contributed by atoms with Crippen LogP contribution in [0.1, 0.15) is 16.9 Å². The molecule has 0 saturated heterocycles. The van der Waals surface area contributed by atoms with Crippen LogP contribution in [0.4, 0.5) is 0 Å². The highest BCUT2D eigenvalue weighted by molar-refractivity contribution is 7.13. The van der Waals surface area contributed by atoms with Gasteiger partial charge in [0.2, 0.25) is 0 Å². The van der Waals surface area contributed by atoms with Crippen molar-refractivity contribution in [3.8, 4) is 10.6 Å². The number of thiophene rings is 1. The number of benzene rings is 1. The molecule has 0 aliphatic rings. The number of carbonyl (C=O) groups excluding carboxylic acids is 1. The number of rotatable bonds is 6. The van der Waals surface area contributed by atoms with Crippen LogP contribution < -0.4 is 5.32 Å². The van der Waals surface area contributed by atoms with Crippen LogP contribution in [0.2, 0.25) is 0 Å². The second-order valence-corrected chi connectivity index (χ2v) is 6.77. The highest BCUT2D eigenvalue weighted by Gasteiger charge is 2.11. The van der Waals surface area contributed by atoms with Gasteiger partial charge in [-0.2, -0.15) is 5.10 Å². The predicted octanol–water partition coefficient (Wildman–Crippen LogP) is 3.91. The number of nitrogens with one attached hydrogen (secondary N) is 2. The number of hydrogen-bond acceptors (Lipinski definition) is 3. The Morgan fingerprint density at radius 2 is 2.12 bits per heavy atom. The Kier molecular flexibility index (Phi) is 4.35. The first-order chi connectivity index (χ1) is 12.3. The van der Waals surface area contributed by atoms with Gasteiger partial charge in [0.05, 0.1) is 10.6 Å². The van der Waals surface area contributed by atoms with Gasteiger partial charge < -0.3 is 9.88 Å². The second-order valence-electron chi connectivity index (χ2n) is 5.82. The van der Waals surface area contributed by atoms with Crippen LogP contribution in [0.25, 0.3) is 21.5 Å². The monoisotopic (exact) mass is 350 g/mol. The molecule has 4 aromatic rings. The van der Waals surface area contributed by atoms with E-state index in [0.717, 1.165) is 23.5 Å². The summed E-state index contributed by atoms with van der Waals surface area (Å²) in [5, 5.41) is 13.2. The number of amides is 1. The zero-order chi connectivity index (χ0) is 17.1. The molecular formula is C19H18N4OS. The first kappa shape index (κ1) is 15.7. The van der Waals surface area contributed by atoms with Gasteiger partial charge in [-0.25, -0.2) is 0 Å². The minimum absolute atomic E-state index is 0.142. The molecule has 0 fully saturated rings. The number of aryl methyl sites for hydroxylation is 1. The van der Waals surface area contributed by atoms with Crippen molar-refractivity contribution >= 4 is 28.1 Å². The van der Waals surface area contributed by atoms with E-state index >= 15 is 0 Å². The van der Waals surface area contributed by atoms with Crippen molar-refractivity contribution < 1.29 is 4.79 Å². The summed E-state index contributed by atoms with van der Waals surface area (Å²) in [4.78, 5) is 13.3. The number of nitrogens with zero attached hydrogens (tertiary/aromatic N) is 2. The smallest absolute Gasteiger partial charge is 0.271 e. The van der Waals surface area contributed by atoms with E-state index in [0.29, 0.717) is 12.2 Å². The SMILES string of the molecule is O=C(NCCCn1ccc2ccccc21)c1cc(-c2cccs2)[nH]n1. The van der Waals surface area contributed by atoms with E-state index in [1.54, 1.807) is 17.4 Å². The third kappa shape index (κ3) is 3.34. The van der Waals surface area contributed by atoms with Crippen molar-refractivity contribution in [2.45, 2.75) is 13.0 Å². The average Bonchev–Trinajstić information content (AvgIpc) is 3.38. The number of H-pyrrole nitrogens is 1. The zero-order valence-corrected chi connectivity index (χ0v) is 14.4. The van der Waals surface area contributed by atoms with Crippen LogP contribution in [0.3, 0.4) is 0 Å². The molecule has 25 heavy (non-hydrogen) atoms. The molecule has 4 rings (SSSR count). The summed E-state index contributed by atoms with van der Waals surface area (Å²) in [5.74, 6) is -0.142. The van der Waals surface area contributed by atoms with Crippen LogP contribution in [-0.2, 0) is 6.54 Å². The first-order valence-electron chi connectivity index (χ1n) is 8.22. The Labute approximate surface area is 149 Å². The Morgan fingerprint density at radius 1 is 1.20 bits per heavy atom. The van der Waals surface area contributed by atoms with E-state index in [1.807, 2.05) is 29.6 Å². The molecular weight excluding hydrogens is 332 g/mol. The molecule has 0 atom stereocenters. The van der Waals surface area contributed by atoms with Gasteiger partial charge in [0.25, 0.3) is 5.91 Å². The summed E-state index contributed by atoms with van der Waals surface area (Å²) in [6.45, 7) is 1.49. The number of aromatic amines is 1. The lowest BCUT2D eigenvalue weighted by Crippen LogP contribution is -2.25. The van der Waals surface area contributed by atoms with Gasteiger partial charge in [0.1, 0.15) is 0 Å². The first-order valence-corrected chi connectivity index (χ1v) is 9.10. The Morgan fingerprint density at radius 3 is 3.00 bits per heavy atom. The van der Waals surface area contributed by atoms with E-state index in [9.17, 15) is 4.79 Å². The minimum Gasteiger partial charge on any atom is -0.351 e. The summed E-state index contributed by atoms with van der Waals surface area (Å²) in [6.07, 6.45) is 2.96. The lowest BCUT2D eigenvalue weighted by molar-refractivity contribution is 0.0948. The van der Waals surface area contributed by atoms with Gasteiger partial charge in [-0.15, -0.1) is 11.3 Å². The second kappa shape index (κ2) is 6.94. The van der Waals surface area contributed by atoms with Crippen molar-refractivity contribution in [2.75, 3.05) is 6.54 Å². The molecule has 0 spiro atoms. The standard InChI is InChI=1S/C19H18N4OS/c24-19(16-13-15(21-22-16)18-7-3-12-25-18)20-9-4-10-23-11-8-14-5-1-2-6-17(14)23/h1-3,5-8,11-13H,4,9-10H2,(H,20,24)(H,21,22). The van der Waals surface area contributed by atoms with Crippen LogP contribution in [0, 0.1) is 0 Å². The average molecular weight is 350 g/mol. The normalized spacial score (nSPS) is 11.0. The number of aromatic nitrogens is 3. The molecule has 126 valence electrons. The number of carbonyl (C=O) groups is 1. The lowest BCUT2D eigenvalue weighted by atomic mass is 10.2. The topological polar surface area (TPSA) is 62.7 Å². The molecule has 5 nitrogen and oxygen atoms in total. The third-order valence-corrected chi connectivity index (χ3v) is 5.04. The maximum atomic E-state index is 12.2. The number of para-hydroxylation sites is 1. The summed E-state index contributed by atoms with van der Waals surface area (Å²) >= 11 is 1.62. The highest BCUT2D eigenvalue weighted by Crippen LogP contribution is 2.22. The van der Waals surface area contributed by atoms with E-state index in [2.05, 4.69) is 44.5 Å². The quantitative estimate of drug-likeness (QED) is 0.518. The minimum atomic E-state index is -0.142. The van der Waals surface area contributed by atoms with Crippen LogP contribution in [0.15, 0.2) is 60.1 Å². The molecule has 1 amide bonds. The summed E-state index contributed by atoms with van der Waals surface area (Å²) in [7, 11) is 0. The Bertz CT molecular complexity index is 984. The lowest BCUT2D eigenvalue weighted by Gasteiger charge is -2.06. The predicted molar refractivity (Wildman–Crippen MR) is 101 cm³/mol. The third-order valence-electron chi connectivity index (χ3n) is 4.14. The molecule has 2 N–H and O–H groups in total. The van der Waals surface area contributed by atoms with E-state index in [-0.39, 0.29) is 5.91 Å². The molecule has 0 aliphatic carbocycles. The Hall–Kier alpha value is -2.86. The maximum absolute atomic E-state index is 12.2. The van der Waals surface area contributed by atoms with Gasteiger partial charge in [-0.3, -0.25) is 9.89 Å². The van der Waals surface area contributed by atoms with Gasteiger partial charge >= 0.3 is 0 Å². The van der Waals surface area contributed by atoms with Crippen molar-refractivity contribution in [2.24, 2.45) is 0 Å². The maximum Gasteiger partial charge on any atom is 0.271 e. The zero-order valence-electron chi connectivity index (χ0n) is 13.6. The van der Waals surface area contributed by atoms with Gasteiger partial charge in [0, 0.05) is 24.8 Å². The molecule has 0 radical (unpaired) electrons. The summed E-state index contributed by atoms with van der Waals surface area (Å²) in [5.41, 5.74) is 2.52. The molecule has 3 heterocycles. The van der Waals surface area contributed by atoms with Crippen LogP contribution in [0.5, 0.6) is 0 Å². The molecule has 0 saturated carbocycles. The molecule has 1 aromatic carbocycles. The van der Waals surface area contributed by atoms with E-state index in [4.69, 9.17) is 0 Å². The summed E-state index contributed by atoms with van der Waals surface area (Å²) in [6, 6.07) is 16.2. The van der Waals surface area contributed by atoms with Gasteiger partial charge in [-0.1, -0.05) is 24.3 Å². The fourth-order valence-electron chi connectivity index (χ4n) is 2.87. The number of fused-ring (bicyclic) bond motifs is 1. The van der Waals surface area contributed by atoms with Crippen molar-refractivity contribution in [1.29, 1.82) is 0 Å². The highest BCUT2D eigenvalue weighted by atomic mass is 32.1. The molecule has 0 bridgehead atoms. The largest absolute Gasteiger partial charge is 0.351 e. The van der Waals surface area contributed by atoms with E-state index < -0.39 is 0 Å². The van der Waals surface area contributed by atoms with Crippen LogP contribution in [-0.4, -0.2) is 27.2 Å². The fraction of sp³-hybridized carbons (Fsp3) is 0.158. The molecule has 3 aromatic heterocycles. The molecule has 6 heteroatoms. The Balaban J connectivity index is 1.30.